The van der Waals surface area contributed by atoms with Crippen molar-refractivity contribution in [1.29, 1.82) is 0 Å². The Hall–Kier alpha value is -0.980. The number of aromatic nitrogens is 2. The fourth-order valence-corrected chi connectivity index (χ4v) is 3.16. The molecule has 3 heterocycles. The number of nitrogens with one attached hydrogen (secondary N) is 1. The van der Waals surface area contributed by atoms with Gasteiger partial charge < -0.3 is 15.5 Å². The number of piperidine rings is 1. The van der Waals surface area contributed by atoms with Gasteiger partial charge in [-0.05, 0) is 32.2 Å². The molecule has 4 atom stereocenters. The molecule has 1 aromatic heterocycles. The summed E-state index contributed by atoms with van der Waals surface area (Å²) in [5.74, 6) is 2.19. The smallest absolute Gasteiger partial charge is 0.233 e. The number of nitrogens with two attached hydrogens (primary N) is 1. The molecule has 0 radical (unpaired) electrons. The van der Waals surface area contributed by atoms with E-state index in [0.29, 0.717) is 5.89 Å². The Kier molecular flexibility index (Phi) is 3.56. The Morgan fingerprint density at radius 1 is 1.32 bits per heavy atom. The highest BCUT2D eigenvalue weighted by Gasteiger charge is 2.31. The minimum atomic E-state index is 0.129. The van der Waals surface area contributed by atoms with Gasteiger partial charge in [0.1, 0.15) is 0 Å². The highest BCUT2D eigenvalue weighted by Crippen LogP contribution is 2.32. The third-order valence-corrected chi connectivity index (χ3v) is 4.27. The second-order valence-corrected chi connectivity index (χ2v) is 6.07. The maximum absolute atomic E-state index is 5.89. The van der Waals surface area contributed by atoms with Crippen molar-refractivity contribution in [2.75, 3.05) is 20.1 Å². The molecule has 6 heteroatoms. The van der Waals surface area contributed by atoms with Gasteiger partial charge in [-0.15, -0.1) is 10.2 Å². The lowest BCUT2D eigenvalue weighted by molar-refractivity contribution is 0.122. The molecule has 1 aromatic rings. The van der Waals surface area contributed by atoms with Gasteiger partial charge in [0.15, 0.2) is 0 Å². The van der Waals surface area contributed by atoms with Crippen molar-refractivity contribution in [2.24, 2.45) is 11.7 Å². The molecule has 4 unspecified atom stereocenters. The molecule has 2 aliphatic heterocycles. The highest BCUT2D eigenvalue weighted by atomic mass is 16.4. The molecule has 2 saturated heterocycles. The van der Waals surface area contributed by atoms with E-state index in [0.717, 1.165) is 37.7 Å². The van der Waals surface area contributed by atoms with Crippen molar-refractivity contribution in [3.63, 3.8) is 0 Å². The molecule has 106 valence electrons. The third kappa shape index (κ3) is 2.66. The fourth-order valence-electron chi connectivity index (χ4n) is 3.16. The first kappa shape index (κ1) is 13.0. The minimum Gasteiger partial charge on any atom is -0.422 e. The van der Waals surface area contributed by atoms with Gasteiger partial charge in [-0.2, -0.15) is 0 Å². The number of rotatable bonds is 2. The lowest BCUT2D eigenvalue weighted by Gasteiger charge is -2.33. The molecule has 3 rings (SSSR count). The van der Waals surface area contributed by atoms with Gasteiger partial charge in [0.05, 0.1) is 12.1 Å². The van der Waals surface area contributed by atoms with Gasteiger partial charge in [0, 0.05) is 19.1 Å². The molecule has 0 saturated carbocycles. The predicted molar refractivity (Wildman–Crippen MR) is 71.4 cm³/mol. The van der Waals surface area contributed by atoms with Crippen molar-refractivity contribution in [2.45, 2.75) is 44.3 Å². The topological polar surface area (TPSA) is 80.2 Å². The van der Waals surface area contributed by atoms with E-state index in [9.17, 15) is 0 Å². The van der Waals surface area contributed by atoms with Crippen molar-refractivity contribution in [3.05, 3.63) is 11.8 Å². The van der Waals surface area contributed by atoms with Gasteiger partial charge in [0.25, 0.3) is 0 Å². The third-order valence-electron chi connectivity index (χ3n) is 4.27. The van der Waals surface area contributed by atoms with E-state index in [4.69, 9.17) is 10.2 Å². The molecule has 0 spiro atoms. The number of likely N-dealkylation sites (tertiary alicyclic amines) is 1. The van der Waals surface area contributed by atoms with E-state index in [1.165, 1.54) is 6.42 Å². The first-order chi connectivity index (χ1) is 9.13. The molecular formula is C13H23N5O. The Morgan fingerprint density at radius 2 is 2.11 bits per heavy atom. The average Bonchev–Trinajstić information content (AvgIpc) is 2.97. The largest absolute Gasteiger partial charge is 0.422 e. The molecule has 3 N–H and O–H groups in total. The van der Waals surface area contributed by atoms with Crippen LogP contribution in [-0.2, 0) is 0 Å². The summed E-state index contributed by atoms with van der Waals surface area (Å²) in [6, 6.07) is 0.593. The standard InChI is InChI=1S/C13H23N5O/c1-8-3-4-11(18(2)7-8)13-17-16-12(19-13)10-5-9(14)6-15-10/h8-11,15H,3-7,14H2,1-2H3. The van der Waals surface area contributed by atoms with Crippen LogP contribution in [0, 0.1) is 5.92 Å². The van der Waals surface area contributed by atoms with E-state index in [1.807, 2.05) is 0 Å². The van der Waals surface area contributed by atoms with E-state index in [2.05, 4.69) is 34.4 Å². The van der Waals surface area contributed by atoms with Crippen LogP contribution in [0.1, 0.15) is 50.1 Å². The quantitative estimate of drug-likeness (QED) is 0.824. The van der Waals surface area contributed by atoms with Crippen LogP contribution in [0.25, 0.3) is 0 Å². The predicted octanol–water partition coefficient (Wildman–Crippen LogP) is 0.834. The van der Waals surface area contributed by atoms with Gasteiger partial charge in [0.2, 0.25) is 11.8 Å². The number of nitrogens with zero attached hydrogens (tertiary/aromatic N) is 3. The summed E-state index contributed by atoms with van der Waals surface area (Å²) in [4.78, 5) is 2.32. The lowest BCUT2D eigenvalue weighted by atomic mass is 9.95. The Morgan fingerprint density at radius 3 is 2.79 bits per heavy atom. The average molecular weight is 265 g/mol. The summed E-state index contributed by atoms with van der Waals surface area (Å²) in [6.45, 7) is 4.20. The van der Waals surface area contributed by atoms with Gasteiger partial charge in [-0.1, -0.05) is 6.92 Å². The summed E-state index contributed by atoms with van der Waals surface area (Å²) < 4.78 is 5.88. The fraction of sp³-hybridized carbons (Fsp3) is 0.846. The molecular weight excluding hydrogens is 242 g/mol. The minimum absolute atomic E-state index is 0.129. The maximum atomic E-state index is 5.89. The van der Waals surface area contributed by atoms with Crippen LogP contribution in [0.4, 0.5) is 0 Å². The zero-order valence-electron chi connectivity index (χ0n) is 11.7. The normalized spacial score (nSPS) is 36.8. The van der Waals surface area contributed by atoms with Crippen molar-refractivity contribution >= 4 is 0 Å². The molecule has 0 aliphatic carbocycles. The van der Waals surface area contributed by atoms with E-state index >= 15 is 0 Å². The monoisotopic (exact) mass is 265 g/mol. The highest BCUT2D eigenvalue weighted by molar-refractivity contribution is 4.99. The summed E-state index contributed by atoms with van der Waals surface area (Å²) in [5, 5.41) is 11.8. The maximum Gasteiger partial charge on any atom is 0.233 e. The first-order valence-electron chi connectivity index (χ1n) is 7.16. The molecule has 0 aromatic carbocycles. The second-order valence-electron chi connectivity index (χ2n) is 6.07. The molecule has 2 aliphatic rings. The first-order valence-corrected chi connectivity index (χ1v) is 7.16. The van der Waals surface area contributed by atoms with Crippen LogP contribution < -0.4 is 11.1 Å². The van der Waals surface area contributed by atoms with E-state index in [1.54, 1.807) is 0 Å². The summed E-state index contributed by atoms with van der Waals surface area (Å²) in [6.07, 6.45) is 3.19. The Bertz CT molecular complexity index is 434. The molecule has 0 amide bonds. The zero-order chi connectivity index (χ0) is 13.4. The van der Waals surface area contributed by atoms with Crippen LogP contribution >= 0.6 is 0 Å². The van der Waals surface area contributed by atoms with Gasteiger partial charge in [-0.3, -0.25) is 4.90 Å². The van der Waals surface area contributed by atoms with Crippen molar-refractivity contribution < 1.29 is 4.42 Å². The van der Waals surface area contributed by atoms with E-state index in [-0.39, 0.29) is 18.1 Å². The van der Waals surface area contributed by atoms with Crippen molar-refractivity contribution in [3.8, 4) is 0 Å². The SMILES string of the molecule is CC1CCC(c2nnc(C3CC(N)CN3)o2)N(C)C1. The van der Waals surface area contributed by atoms with Crippen molar-refractivity contribution in [1.82, 2.24) is 20.4 Å². The van der Waals surface area contributed by atoms with Crippen LogP contribution in [0.3, 0.4) is 0 Å². The Labute approximate surface area is 113 Å². The zero-order valence-corrected chi connectivity index (χ0v) is 11.7. The molecule has 19 heavy (non-hydrogen) atoms. The van der Waals surface area contributed by atoms with Crippen LogP contribution in [0.15, 0.2) is 4.42 Å². The number of hydrogen-bond acceptors (Lipinski definition) is 6. The van der Waals surface area contributed by atoms with E-state index < -0.39 is 0 Å². The number of hydrogen-bond donors (Lipinski definition) is 2. The summed E-state index contributed by atoms with van der Waals surface area (Å²) in [5.41, 5.74) is 5.89. The summed E-state index contributed by atoms with van der Waals surface area (Å²) in [7, 11) is 2.13. The summed E-state index contributed by atoms with van der Waals surface area (Å²) >= 11 is 0. The molecule has 6 nitrogen and oxygen atoms in total. The van der Waals surface area contributed by atoms with Gasteiger partial charge >= 0.3 is 0 Å². The van der Waals surface area contributed by atoms with Crippen LogP contribution in [-0.4, -0.2) is 41.3 Å². The Balaban J connectivity index is 1.70. The van der Waals surface area contributed by atoms with Gasteiger partial charge in [-0.25, -0.2) is 0 Å². The van der Waals surface area contributed by atoms with Crippen LogP contribution in [0.5, 0.6) is 0 Å². The van der Waals surface area contributed by atoms with Crippen LogP contribution in [0.2, 0.25) is 0 Å². The molecule has 2 fully saturated rings. The molecule has 0 bridgehead atoms. The lowest BCUT2D eigenvalue weighted by Crippen LogP contribution is -2.34. The second kappa shape index (κ2) is 5.19.